The highest BCUT2D eigenvalue weighted by molar-refractivity contribution is 7.89. The van der Waals surface area contributed by atoms with E-state index in [-0.39, 0.29) is 10.5 Å². The van der Waals surface area contributed by atoms with Crippen molar-refractivity contribution in [3.63, 3.8) is 0 Å². The first-order valence-electron chi connectivity index (χ1n) is 7.80. The molecule has 1 aromatic heterocycles. The lowest BCUT2D eigenvalue weighted by Gasteiger charge is -2.41. The van der Waals surface area contributed by atoms with Gasteiger partial charge in [0.25, 0.3) is 10.0 Å². The molecular weight excluding hydrogens is 288 g/mol. The Bertz CT molecular complexity index is 542. The molecule has 21 heavy (non-hydrogen) atoms. The van der Waals surface area contributed by atoms with Gasteiger partial charge in [0.1, 0.15) is 5.76 Å². The Labute approximate surface area is 127 Å². The normalized spacial score (nSPS) is 17.6. The summed E-state index contributed by atoms with van der Waals surface area (Å²) in [7, 11) is -3.53. The molecule has 1 aromatic rings. The molecule has 0 amide bonds. The summed E-state index contributed by atoms with van der Waals surface area (Å²) in [5.41, 5.74) is 0.158. The van der Waals surface area contributed by atoms with Gasteiger partial charge in [0.05, 0.1) is 6.54 Å². The average molecular weight is 314 g/mol. The van der Waals surface area contributed by atoms with Gasteiger partial charge in [-0.2, -0.15) is 0 Å². The van der Waals surface area contributed by atoms with Gasteiger partial charge in [-0.15, -0.1) is 0 Å². The molecule has 6 heteroatoms. The van der Waals surface area contributed by atoms with E-state index in [2.05, 4.69) is 23.9 Å². The smallest absolute Gasteiger partial charge is 0.273 e. The third-order valence-electron chi connectivity index (χ3n) is 4.43. The zero-order valence-corrected chi connectivity index (χ0v) is 13.8. The Balaban J connectivity index is 1.93. The zero-order chi connectivity index (χ0) is 15.3. The van der Waals surface area contributed by atoms with Crippen LogP contribution in [0.15, 0.2) is 21.6 Å². The second kappa shape index (κ2) is 6.94. The van der Waals surface area contributed by atoms with E-state index < -0.39 is 10.0 Å². The molecule has 2 N–H and O–H groups in total. The molecule has 1 aliphatic rings. The predicted octanol–water partition coefficient (Wildman–Crippen LogP) is 2.64. The molecule has 0 unspecified atom stereocenters. The molecule has 1 fully saturated rings. The number of rotatable bonds is 9. The van der Waals surface area contributed by atoms with Crippen molar-refractivity contribution in [1.82, 2.24) is 10.0 Å². The molecule has 120 valence electrons. The fourth-order valence-electron chi connectivity index (χ4n) is 2.64. The van der Waals surface area contributed by atoms with E-state index >= 15 is 0 Å². The quantitative estimate of drug-likeness (QED) is 0.687. The van der Waals surface area contributed by atoms with Crippen LogP contribution in [0.3, 0.4) is 0 Å². The molecule has 0 bridgehead atoms. The highest BCUT2D eigenvalue weighted by Crippen LogP contribution is 2.43. The van der Waals surface area contributed by atoms with Gasteiger partial charge < -0.3 is 9.73 Å². The van der Waals surface area contributed by atoms with Gasteiger partial charge in [-0.25, -0.2) is 13.1 Å². The minimum Gasteiger partial charge on any atom is -0.447 e. The molecule has 0 aliphatic heterocycles. The van der Waals surface area contributed by atoms with Crippen molar-refractivity contribution in [3.8, 4) is 0 Å². The predicted molar refractivity (Wildman–Crippen MR) is 82.5 cm³/mol. The van der Waals surface area contributed by atoms with E-state index in [0.717, 1.165) is 32.2 Å². The van der Waals surface area contributed by atoms with Gasteiger partial charge in [-0.3, -0.25) is 0 Å². The summed E-state index contributed by atoms with van der Waals surface area (Å²) in [6.07, 6.45) is 5.46. The van der Waals surface area contributed by atoms with Gasteiger partial charge in [-0.05, 0) is 49.8 Å². The Kier molecular flexibility index (Phi) is 5.46. The van der Waals surface area contributed by atoms with E-state index in [0.29, 0.717) is 18.8 Å². The van der Waals surface area contributed by atoms with Crippen LogP contribution in [-0.2, 0) is 16.6 Å². The summed E-state index contributed by atoms with van der Waals surface area (Å²) >= 11 is 0. The van der Waals surface area contributed by atoms with Crippen molar-refractivity contribution >= 4 is 10.0 Å². The monoisotopic (exact) mass is 314 g/mol. The van der Waals surface area contributed by atoms with Crippen LogP contribution >= 0.6 is 0 Å². The maximum Gasteiger partial charge on any atom is 0.273 e. The van der Waals surface area contributed by atoms with E-state index in [1.54, 1.807) is 6.07 Å². The second-order valence-electron chi connectivity index (χ2n) is 5.93. The number of nitrogens with one attached hydrogen (secondary N) is 2. The summed E-state index contributed by atoms with van der Waals surface area (Å²) in [6, 6.07) is 3.25. The Morgan fingerprint density at radius 2 is 2.05 bits per heavy atom. The summed E-state index contributed by atoms with van der Waals surface area (Å²) in [6.45, 7) is 6.16. The SMILES string of the molecule is CCCNCc1ccc(S(=O)(=O)NCC2(CC)CCC2)o1. The molecular formula is C15H26N2O3S. The lowest BCUT2D eigenvalue weighted by atomic mass is 9.67. The lowest BCUT2D eigenvalue weighted by Crippen LogP contribution is -2.41. The van der Waals surface area contributed by atoms with Gasteiger partial charge in [0.15, 0.2) is 0 Å². The molecule has 5 nitrogen and oxygen atoms in total. The Morgan fingerprint density at radius 1 is 1.29 bits per heavy atom. The van der Waals surface area contributed by atoms with Crippen LogP contribution in [0.4, 0.5) is 0 Å². The zero-order valence-electron chi connectivity index (χ0n) is 12.9. The van der Waals surface area contributed by atoms with Crippen LogP contribution in [0.2, 0.25) is 0 Å². The van der Waals surface area contributed by atoms with E-state index in [1.165, 1.54) is 12.5 Å². The highest BCUT2D eigenvalue weighted by Gasteiger charge is 2.36. The second-order valence-corrected chi connectivity index (χ2v) is 7.63. The van der Waals surface area contributed by atoms with Crippen LogP contribution in [0.25, 0.3) is 0 Å². The van der Waals surface area contributed by atoms with Crippen LogP contribution in [0.5, 0.6) is 0 Å². The van der Waals surface area contributed by atoms with Crippen LogP contribution in [-0.4, -0.2) is 21.5 Å². The van der Waals surface area contributed by atoms with E-state index in [4.69, 9.17) is 4.42 Å². The van der Waals surface area contributed by atoms with E-state index in [1.807, 2.05) is 0 Å². The minimum atomic E-state index is -3.53. The summed E-state index contributed by atoms with van der Waals surface area (Å²) in [4.78, 5) is 0. The fraction of sp³-hybridized carbons (Fsp3) is 0.733. The fourth-order valence-corrected chi connectivity index (χ4v) is 3.74. The first-order valence-corrected chi connectivity index (χ1v) is 9.29. The van der Waals surface area contributed by atoms with Gasteiger partial charge in [0, 0.05) is 6.54 Å². The van der Waals surface area contributed by atoms with Gasteiger partial charge in [-0.1, -0.05) is 20.3 Å². The maximum absolute atomic E-state index is 12.3. The van der Waals surface area contributed by atoms with Crippen molar-refractivity contribution in [2.45, 2.75) is 57.6 Å². The molecule has 1 heterocycles. The van der Waals surface area contributed by atoms with Crippen LogP contribution < -0.4 is 10.0 Å². The van der Waals surface area contributed by atoms with Gasteiger partial charge >= 0.3 is 0 Å². The summed E-state index contributed by atoms with van der Waals surface area (Å²) in [5.74, 6) is 0.651. The van der Waals surface area contributed by atoms with Crippen molar-refractivity contribution < 1.29 is 12.8 Å². The van der Waals surface area contributed by atoms with Crippen molar-refractivity contribution in [3.05, 3.63) is 17.9 Å². The first kappa shape index (κ1) is 16.5. The lowest BCUT2D eigenvalue weighted by molar-refractivity contribution is 0.132. The number of hydrogen-bond acceptors (Lipinski definition) is 4. The summed E-state index contributed by atoms with van der Waals surface area (Å²) in [5, 5.41) is 3.21. The first-order chi connectivity index (χ1) is 10.0. The van der Waals surface area contributed by atoms with Crippen LogP contribution in [0, 0.1) is 5.41 Å². The molecule has 0 radical (unpaired) electrons. The van der Waals surface area contributed by atoms with Crippen molar-refractivity contribution in [2.24, 2.45) is 5.41 Å². The molecule has 0 aromatic carbocycles. The topological polar surface area (TPSA) is 71.3 Å². The number of furan rings is 1. The minimum absolute atomic E-state index is 0.0152. The molecule has 0 spiro atoms. The number of sulfonamides is 1. The summed E-state index contributed by atoms with van der Waals surface area (Å²) < 4.78 is 32.6. The molecule has 2 rings (SSSR count). The van der Waals surface area contributed by atoms with Gasteiger partial charge in [0.2, 0.25) is 5.09 Å². The van der Waals surface area contributed by atoms with Crippen molar-refractivity contribution in [1.29, 1.82) is 0 Å². The maximum atomic E-state index is 12.3. The Hall–Kier alpha value is -0.850. The van der Waals surface area contributed by atoms with Crippen LogP contribution in [0.1, 0.15) is 51.7 Å². The average Bonchev–Trinajstić information content (AvgIpc) is 2.88. The number of hydrogen-bond donors (Lipinski definition) is 2. The largest absolute Gasteiger partial charge is 0.447 e. The Morgan fingerprint density at radius 3 is 2.62 bits per heavy atom. The third kappa shape index (κ3) is 4.08. The molecule has 0 saturated heterocycles. The standard InChI is InChI=1S/C15H26N2O3S/c1-3-10-16-11-13-6-7-14(20-13)21(18,19)17-12-15(4-2)8-5-9-15/h6-7,16-17H,3-5,8-12H2,1-2H3. The third-order valence-corrected chi connectivity index (χ3v) is 5.70. The molecule has 0 atom stereocenters. The van der Waals surface area contributed by atoms with E-state index in [9.17, 15) is 8.42 Å². The van der Waals surface area contributed by atoms with Crippen molar-refractivity contribution in [2.75, 3.05) is 13.1 Å². The highest BCUT2D eigenvalue weighted by atomic mass is 32.2. The molecule has 1 saturated carbocycles. The molecule has 1 aliphatic carbocycles.